The van der Waals surface area contributed by atoms with E-state index in [1.54, 1.807) is 0 Å². The Hall–Kier alpha value is -0.980. The molecular weight excluding hydrogens is 170 g/mol. The highest BCUT2D eigenvalue weighted by atomic mass is 15.1. The second-order valence-electron chi connectivity index (χ2n) is 4.21. The lowest BCUT2D eigenvalue weighted by atomic mass is 10.1. The van der Waals surface area contributed by atoms with Crippen molar-refractivity contribution in [2.45, 2.75) is 33.1 Å². The molecule has 0 aromatic heterocycles. The van der Waals surface area contributed by atoms with Crippen LogP contribution >= 0.6 is 0 Å². The molecule has 0 atom stereocenters. The van der Waals surface area contributed by atoms with Gasteiger partial charge in [-0.05, 0) is 44.8 Å². The molecule has 78 valence electrons. The average molecular weight is 191 g/mol. The molecule has 0 fully saturated rings. The molecule has 1 heteroatoms. The van der Waals surface area contributed by atoms with Crippen LogP contribution in [0.25, 0.3) is 0 Å². The fourth-order valence-electron chi connectivity index (χ4n) is 1.94. The molecule has 1 nitrogen and oxygen atoms in total. The number of rotatable bonds is 2. The summed E-state index contributed by atoms with van der Waals surface area (Å²) in [7, 11) is 2.15. The summed E-state index contributed by atoms with van der Waals surface area (Å²) in [5.41, 5.74) is 4.12. The number of allylic oxidation sites excluding steroid dienone is 4. The lowest BCUT2D eigenvalue weighted by Gasteiger charge is -2.19. The van der Waals surface area contributed by atoms with Gasteiger partial charge in [0, 0.05) is 19.3 Å². The van der Waals surface area contributed by atoms with Crippen molar-refractivity contribution >= 4 is 0 Å². The Morgan fingerprint density at radius 3 is 2.64 bits per heavy atom. The van der Waals surface area contributed by atoms with Crippen LogP contribution in [0.3, 0.4) is 0 Å². The molecule has 0 amide bonds. The van der Waals surface area contributed by atoms with E-state index < -0.39 is 0 Å². The molecule has 1 rings (SSSR count). The van der Waals surface area contributed by atoms with Gasteiger partial charge in [0.1, 0.15) is 0 Å². The summed E-state index contributed by atoms with van der Waals surface area (Å²) in [6.07, 6.45) is 8.05. The second kappa shape index (κ2) is 5.04. The Labute approximate surface area is 87.8 Å². The van der Waals surface area contributed by atoms with Gasteiger partial charge in [0.15, 0.2) is 0 Å². The fourth-order valence-corrected chi connectivity index (χ4v) is 1.94. The van der Waals surface area contributed by atoms with Crippen LogP contribution in [0.2, 0.25) is 0 Å². The van der Waals surface area contributed by atoms with Crippen LogP contribution in [-0.2, 0) is 0 Å². The van der Waals surface area contributed by atoms with E-state index >= 15 is 0 Å². The molecule has 1 aliphatic heterocycles. The molecule has 0 unspecified atom stereocenters. The summed E-state index contributed by atoms with van der Waals surface area (Å²) in [4.78, 5) is 2.31. The number of likely N-dealkylation sites (N-methyl/N-ethyl adjacent to an activating group) is 1. The third kappa shape index (κ3) is 2.76. The van der Waals surface area contributed by atoms with Crippen LogP contribution in [0, 0.1) is 0 Å². The summed E-state index contributed by atoms with van der Waals surface area (Å²) in [6, 6.07) is 0. The number of hydrogen-bond donors (Lipinski definition) is 0. The highest BCUT2D eigenvalue weighted by molar-refractivity contribution is 5.33. The van der Waals surface area contributed by atoms with Gasteiger partial charge >= 0.3 is 0 Å². The first-order valence-corrected chi connectivity index (χ1v) is 5.36. The zero-order valence-corrected chi connectivity index (χ0v) is 9.64. The summed E-state index contributed by atoms with van der Waals surface area (Å²) in [6.45, 7) is 9.36. The number of nitrogens with zero attached hydrogens (tertiary/aromatic N) is 1. The van der Waals surface area contributed by atoms with Crippen LogP contribution in [0.5, 0.6) is 0 Å². The first kappa shape index (κ1) is 11.1. The maximum absolute atomic E-state index is 3.91. The highest BCUT2D eigenvalue weighted by Crippen LogP contribution is 2.23. The smallest absolute Gasteiger partial charge is 0.0390 e. The average Bonchev–Trinajstić information content (AvgIpc) is 2.27. The molecule has 0 saturated carbocycles. The third-order valence-corrected chi connectivity index (χ3v) is 2.59. The maximum Gasteiger partial charge on any atom is 0.0390 e. The van der Waals surface area contributed by atoms with Gasteiger partial charge < -0.3 is 4.90 Å². The molecule has 0 radical (unpaired) electrons. The van der Waals surface area contributed by atoms with Crippen LogP contribution < -0.4 is 0 Å². The van der Waals surface area contributed by atoms with E-state index in [1.165, 1.54) is 36.1 Å². The van der Waals surface area contributed by atoms with Crippen molar-refractivity contribution in [2.24, 2.45) is 0 Å². The lowest BCUT2D eigenvalue weighted by molar-refractivity contribution is 0.426. The quantitative estimate of drug-likeness (QED) is 0.645. The van der Waals surface area contributed by atoms with E-state index in [0.717, 1.165) is 6.54 Å². The van der Waals surface area contributed by atoms with Crippen molar-refractivity contribution in [3.63, 3.8) is 0 Å². The molecule has 0 spiro atoms. The Morgan fingerprint density at radius 2 is 2.07 bits per heavy atom. The van der Waals surface area contributed by atoms with Crippen LogP contribution in [-0.4, -0.2) is 18.5 Å². The van der Waals surface area contributed by atoms with Gasteiger partial charge in [-0.25, -0.2) is 0 Å². The van der Waals surface area contributed by atoms with Gasteiger partial charge in [0.2, 0.25) is 0 Å². The zero-order chi connectivity index (χ0) is 10.6. The number of hydrogen-bond acceptors (Lipinski definition) is 1. The molecule has 0 bridgehead atoms. The van der Waals surface area contributed by atoms with Crippen molar-refractivity contribution < 1.29 is 0 Å². The predicted molar refractivity (Wildman–Crippen MR) is 63.1 cm³/mol. The molecule has 0 saturated heterocycles. The molecule has 0 aromatic rings. The monoisotopic (exact) mass is 191 g/mol. The summed E-state index contributed by atoms with van der Waals surface area (Å²) in [5, 5.41) is 0. The molecule has 0 N–H and O–H groups in total. The zero-order valence-electron chi connectivity index (χ0n) is 9.64. The normalized spacial score (nSPS) is 17.8. The summed E-state index contributed by atoms with van der Waals surface area (Å²) >= 11 is 0. The van der Waals surface area contributed by atoms with Gasteiger partial charge in [-0.1, -0.05) is 18.2 Å². The molecular formula is C13H21N. The molecule has 0 aromatic carbocycles. The van der Waals surface area contributed by atoms with Gasteiger partial charge in [-0.3, -0.25) is 0 Å². The van der Waals surface area contributed by atoms with E-state index in [0.29, 0.717) is 0 Å². The molecule has 1 heterocycles. The topological polar surface area (TPSA) is 3.24 Å². The minimum absolute atomic E-state index is 1.15. The predicted octanol–water partition coefficient (Wildman–Crippen LogP) is 3.51. The Balaban J connectivity index is 3.02. The second-order valence-corrected chi connectivity index (χ2v) is 4.21. The Morgan fingerprint density at radius 1 is 1.36 bits per heavy atom. The Kier molecular flexibility index (Phi) is 3.99. The van der Waals surface area contributed by atoms with Crippen LogP contribution in [0.15, 0.2) is 35.6 Å². The first-order valence-electron chi connectivity index (χ1n) is 5.36. The third-order valence-electron chi connectivity index (χ3n) is 2.59. The SMILES string of the molecule is C=CC1=C(C=C(C)C)CCCCN1C. The highest BCUT2D eigenvalue weighted by Gasteiger charge is 2.10. The van der Waals surface area contributed by atoms with Crippen LogP contribution in [0.1, 0.15) is 33.1 Å². The maximum atomic E-state index is 3.91. The van der Waals surface area contributed by atoms with Crippen molar-refractivity contribution in [3.05, 3.63) is 35.6 Å². The largest absolute Gasteiger partial charge is 0.374 e. The van der Waals surface area contributed by atoms with E-state index in [-0.39, 0.29) is 0 Å². The molecule has 0 aliphatic carbocycles. The van der Waals surface area contributed by atoms with Gasteiger partial charge in [-0.2, -0.15) is 0 Å². The standard InChI is InChI=1S/C13H21N/c1-5-13-12(10-11(2)3)8-6-7-9-14(13)4/h5,10H,1,6-9H2,2-4H3. The minimum Gasteiger partial charge on any atom is -0.374 e. The first-order chi connectivity index (χ1) is 6.65. The molecule has 14 heavy (non-hydrogen) atoms. The van der Waals surface area contributed by atoms with Crippen molar-refractivity contribution in [1.29, 1.82) is 0 Å². The lowest BCUT2D eigenvalue weighted by Crippen LogP contribution is -2.17. The van der Waals surface area contributed by atoms with E-state index in [2.05, 4.69) is 38.5 Å². The Bertz CT molecular complexity index is 267. The van der Waals surface area contributed by atoms with Gasteiger partial charge in [0.05, 0.1) is 0 Å². The van der Waals surface area contributed by atoms with Gasteiger partial charge in [-0.15, -0.1) is 0 Å². The molecule has 1 aliphatic rings. The summed E-state index contributed by atoms with van der Waals surface area (Å²) in [5.74, 6) is 0. The van der Waals surface area contributed by atoms with E-state index in [4.69, 9.17) is 0 Å². The summed E-state index contributed by atoms with van der Waals surface area (Å²) < 4.78 is 0. The van der Waals surface area contributed by atoms with E-state index in [1.807, 2.05) is 6.08 Å². The van der Waals surface area contributed by atoms with Gasteiger partial charge in [0.25, 0.3) is 0 Å². The van der Waals surface area contributed by atoms with E-state index in [9.17, 15) is 0 Å². The fraction of sp³-hybridized carbons (Fsp3) is 0.538. The van der Waals surface area contributed by atoms with Crippen molar-refractivity contribution in [2.75, 3.05) is 13.6 Å². The van der Waals surface area contributed by atoms with Crippen molar-refractivity contribution in [3.8, 4) is 0 Å². The van der Waals surface area contributed by atoms with Crippen LogP contribution in [0.4, 0.5) is 0 Å². The van der Waals surface area contributed by atoms with Crippen molar-refractivity contribution in [1.82, 2.24) is 4.90 Å². The minimum atomic E-state index is 1.15.